The summed E-state index contributed by atoms with van der Waals surface area (Å²) in [5.74, 6) is 4.90. The normalized spacial score (nSPS) is 11.0. The summed E-state index contributed by atoms with van der Waals surface area (Å²) in [6.45, 7) is 0.699. The number of methoxy groups -OCH3 is 1. The maximum Gasteiger partial charge on any atom is 0.339 e. The van der Waals surface area contributed by atoms with Crippen molar-refractivity contribution in [2.75, 3.05) is 7.11 Å². The molecule has 1 heterocycles. The average molecular weight is 347 g/mol. The number of benzene rings is 2. The minimum absolute atomic E-state index is 0.327. The van der Waals surface area contributed by atoms with Crippen LogP contribution in [0.4, 0.5) is 0 Å². The second-order valence-corrected chi connectivity index (χ2v) is 6.05. The highest BCUT2D eigenvalue weighted by atomic mass is 16.5. The molecule has 3 rings (SSSR count). The molecule has 0 spiro atoms. The van der Waals surface area contributed by atoms with E-state index in [1.54, 1.807) is 6.21 Å². The first-order valence-corrected chi connectivity index (χ1v) is 8.32. The third-order valence-electron chi connectivity index (χ3n) is 4.15. The minimum atomic E-state index is -0.327. The molecule has 0 aliphatic carbocycles. The van der Waals surface area contributed by atoms with Crippen LogP contribution in [-0.4, -0.2) is 23.9 Å². The minimum Gasteiger partial charge on any atom is -0.465 e. The first kappa shape index (κ1) is 17.5. The zero-order valence-electron chi connectivity index (χ0n) is 14.6. The molecule has 0 atom stereocenters. The first-order valence-electron chi connectivity index (χ1n) is 8.32. The van der Waals surface area contributed by atoms with Crippen LogP contribution < -0.4 is 5.84 Å². The summed E-state index contributed by atoms with van der Waals surface area (Å²) in [7, 11) is 1.40. The van der Waals surface area contributed by atoms with Gasteiger partial charge in [0.1, 0.15) is 0 Å². The van der Waals surface area contributed by atoms with Gasteiger partial charge in [0.2, 0.25) is 0 Å². The van der Waals surface area contributed by atoms with Gasteiger partial charge in [-0.25, -0.2) is 4.79 Å². The Morgan fingerprint density at radius 3 is 2.62 bits per heavy atom. The van der Waals surface area contributed by atoms with Gasteiger partial charge >= 0.3 is 5.97 Å². The number of hydrazone groups is 1. The lowest BCUT2D eigenvalue weighted by Gasteiger charge is -2.04. The largest absolute Gasteiger partial charge is 0.465 e. The van der Waals surface area contributed by atoms with Crippen molar-refractivity contribution in [1.82, 2.24) is 4.57 Å². The molecule has 26 heavy (non-hydrogen) atoms. The smallest absolute Gasteiger partial charge is 0.339 e. The highest BCUT2D eigenvalue weighted by Gasteiger charge is 2.15. The summed E-state index contributed by atoms with van der Waals surface area (Å²) in [5, 5.41) is 3.56. The Bertz CT molecular complexity index is 914. The first-order chi connectivity index (χ1) is 12.7. The molecule has 2 aromatic carbocycles. The molecule has 0 aliphatic rings. The molecule has 132 valence electrons. The van der Waals surface area contributed by atoms with Gasteiger partial charge in [-0.1, -0.05) is 48.5 Å². The zero-order chi connectivity index (χ0) is 18.4. The number of carbonyl (C=O) groups is 1. The van der Waals surface area contributed by atoms with E-state index in [1.165, 1.54) is 12.7 Å². The van der Waals surface area contributed by atoms with Gasteiger partial charge in [0, 0.05) is 18.9 Å². The second kappa shape index (κ2) is 8.16. The molecule has 0 bridgehead atoms. The molecule has 5 nitrogen and oxygen atoms in total. The Balaban J connectivity index is 1.89. The third-order valence-corrected chi connectivity index (χ3v) is 4.15. The van der Waals surface area contributed by atoms with Crippen molar-refractivity contribution < 1.29 is 9.53 Å². The van der Waals surface area contributed by atoms with Crippen molar-refractivity contribution in [3.8, 4) is 0 Å². The number of nitrogens with zero attached hydrogens (tertiary/aromatic N) is 2. The predicted octanol–water partition coefficient (Wildman–Crippen LogP) is 3.21. The fourth-order valence-corrected chi connectivity index (χ4v) is 2.97. The predicted molar refractivity (Wildman–Crippen MR) is 102 cm³/mol. The van der Waals surface area contributed by atoms with Crippen LogP contribution >= 0.6 is 0 Å². The van der Waals surface area contributed by atoms with E-state index in [-0.39, 0.29) is 5.97 Å². The Morgan fingerprint density at radius 2 is 1.88 bits per heavy atom. The highest BCUT2D eigenvalue weighted by molar-refractivity contribution is 5.91. The van der Waals surface area contributed by atoms with Gasteiger partial charge in [-0.05, 0) is 34.7 Å². The van der Waals surface area contributed by atoms with Crippen molar-refractivity contribution in [2.24, 2.45) is 10.9 Å². The average Bonchev–Trinajstić information content (AvgIpc) is 3.04. The molecule has 2 N–H and O–H groups in total. The molecule has 0 unspecified atom stereocenters. The maximum absolute atomic E-state index is 12.2. The van der Waals surface area contributed by atoms with Crippen LogP contribution in [0.1, 0.15) is 32.6 Å². The van der Waals surface area contributed by atoms with E-state index in [9.17, 15) is 4.79 Å². The van der Waals surface area contributed by atoms with Gasteiger partial charge in [-0.15, -0.1) is 0 Å². The molecule has 0 amide bonds. The molecule has 1 aromatic heterocycles. The SMILES string of the molecule is COC(=O)c1cn(Cc2ccccc2)cc1Cc1cccc(C=NN)c1. The fraction of sp³-hybridized carbons (Fsp3) is 0.143. The van der Waals surface area contributed by atoms with Crippen LogP contribution in [0.15, 0.2) is 72.1 Å². The van der Waals surface area contributed by atoms with Crippen molar-refractivity contribution in [3.63, 3.8) is 0 Å². The summed E-state index contributed by atoms with van der Waals surface area (Å²) < 4.78 is 6.97. The number of esters is 1. The molecule has 0 fully saturated rings. The Kier molecular flexibility index (Phi) is 5.49. The van der Waals surface area contributed by atoms with E-state index < -0.39 is 0 Å². The molecular formula is C21H21N3O2. The van der Waals surface area contributed by atoms with Gasteiger partial charge in [0.05, 0.1) is 18.9 Å². The van der Waals surface area contributed by atoms with Gasteiger partial charge in [0.25, 0.3) is 0 Å². The number of aromatic nitrogens is 1. The van der Waals surface area contributed by atoms with E-state index in [0.717, 1.165) is 16.7 Å². The summed E-state index contributed by atoms with van der Waals surface area (Å²) >= 11 is 0. The lowest BCUT2D eigenvalue weighted by atomic mass is 10.0. The zero-order valence-corrected chi connectivity index (χ0v) is 14.6. The van der Waals surface area contributed by atoms with E-state index in [1.807, 2.05) is 59.4 Å². The van der Waals surface area contributed by atoms with Gasteiger partial charge in [0.15, 0.2) is 0 Å². The Hall–Kier alpha value is -3.34. The van der Waals surface area contributed by atoms with Crippen LogP contribution in [-0.2, 0) is 17.7 Å². The van der Waals surface area contributed by atoms with E-state index in [4.69, 9.17) is 10.6 Å². The number of hydrogen-bond donors (Lipinski definition) is 1. The molecular weight excluding hydrogens is 326 g/mol. The van der Waals surface area contributed by atoms with Crippen molar-refractivity contribution >= 4 is 12.2 Å². The van der Waals surface area contributed by atoms with Crippen LogP contribution in [0.5, 0.6) is 0 Å². The quantitative estimate of drug-likeness (QED) is 0.322. The van der Waals surface area contributed by atoms with Gasteiger partial charge < -0.3 is 15.1 Å². The third kappa shape index (κ3) is 4.19. The van der Waals surface area contributed by atoms with E-state index in [2.05, 4.69) is 17.2 Å². The Labute approximate surface area is 152 Å². The summed E-state index contributed by atoms with van der Waals surface area (Å²) in [6.07, 6.45) is 6.08. The fourth-order valence-electron chi connectivity index (χ4n) is 2.97. The van der Waals surface area contributed by atoms with Crippen LogP contribution in [0.2, 0.25) is 0 Å². The molecule has 3 aromatic rings. The van der Waals surface area contributed by atoms with E-state index >= 15 is 0 Å². The maximum atomic E-state index is 12.2. The monoisotopic (exact) mass is 347 g/mol. The standard InChI is InChI=1S/C21H21N3O2/c1-26-21(25)20-15-24(13-16-6-3-2-4-7-16)14-19(20)11-17-8-5-9-18(10-17)12-23-22/h2-10,12,14-15H,11,13,22H2,1H3. The number of nitrogens with two attached hydrogens (primary N) is 1. The number of rotatable bonds is 6. The number of ether oxygens (including phenoxy) is 1. The van der Waals surface area contributed by atoms with E-state index in [0.29, 0.717) is 18.5 Å². The second-order valence-electron chi connectivity index (χ2n) is 6.05. The summed E-state index contributed by atoms with van der Waals surface area (Å²) in [4.78, 5) is 12.2. The van der Waals surface area contributed by atoms with Crippen molar-refractivity contribution in [2.45, 2.75) is 13.0 Å². The molecule has 0 radical (unpaired) electrons. The summed E-state index contributed by atoms with van der Waals surface area (Å²) in [6, 6.07) is 18.0. The van der Waals surface area contributed by atoms with Crippen LogP contribution in [0.3, 0.4) is 0 Å². The summed E-state index contributed by atoms with van der Waals surface area (Å²) in [5.41, 5.74) is 4.68. The lowest BCUT2D eigenvalue weighted by Crippen LogP contribution is -2.03. The van der Waals surface area contributed by atoms with Crippen LogP contribution in [0, 0.1) is 0 Å². The number of hydrogen-bond acceptors (Lipinski definition) is 4. The lowest BCUT2D eigenvalue weighted by molar-refractivity contribution is 0.0599. The molecule has 5 heteroatoms. The molecule has 0 aliphatic heterocycles. The number of carbonyl (C=O) groups excluding carboxylic acids is 1. The van der Waals surface area contributed by atoms with Gasteiger partial charge in [-0.3, -0.25) is 0 Å². The highest BCUT2D eigenvalue weighted by Crippen LogP contribution is 2.19. The van der Waals surface area contributed by atoms with Gasteiger partial charge in [-0.2, -0.15) is 5.10 Å². The Morgan fingerprint density at radius 1 is 1.12 bits per heavy atom. The molecule has 0 saturated carbocycles. The van der Waals surface area contributed by atoms with Crippen molar-refractivity contribution in [3.05, 3.63) is 94.8 Å². The molecule has 0 saturated heterocycles. The van der Waals surface area contributed by atoms with Crippen LogP contribution in [0.25, 0.3) is 0 Å². The van der Waals surface area contributed by atoms with Crippen molar-refractivity contribution in [1.29, 1.82) is 0 Å². The topological polar surface area (TPSA) is 69.6 Å².